The Morgan fingerprint density at radius 3 is 2.68 bits per heavy atom. The van der Waals surface area contributed by atoms with Crippen molar-refractivity contribution >= 4 is 29.1 Å². The van der Waals surface area contributed by atoms with Gasteiger partial charge in [-0.25, -0.2) is 0 Å². The number of hydrogen-bond donors (Lipinski definition) is 3. The topological polar surface area (TPSA) is 95.5 Å². The Morgan fingerprint density at radius 1 is 1.41 bits per heavy atom. The highest BCUT2D eigenvalue weighted by atomic mass is 32.1. The molecule has 0 aromatic carbocycles. The van der Waals surface area contributed by atoms with Crippen LogP contribution in [-0.2, 0) is 14.4 Å². The van der Waals surface area contributed by atoms with Crippen molar-refractivity contribution in [2.75, 3.05) is 0 Å². The predicted octanol–water partition coefficient (Wildman–Crippen LogP) is 1.15. The summed E-state index contributed by atoms with van der Waals surface area (Å²) in [7, 11) is 0. The summed E-state index contributed by atoms with van der Waals surface area (Å²) in [6.07, 6.45) is 0.298. The molecule has 2 aliphatic rings. The molecule has 4 unspecified atom stereocenters. The fourth-order valence-corrected chi connectivity index (χ4v) is 4.58. The Balaban J connectivity index is 2.10. The summed E-state index contributed by atoms with van der Waals surface area (Å²) in [5.74, 6) is -3.39. The van der Waals surface area contributed by atoms with Gasteiger partial charge in [-0.15, -0.1) is 11.3 Å². The van der Waals surface area contributed by atoms with Gasteiger partial charge in [0.2, 0.25) is 11.8 Å². The third kappa shape index (κ3) is 2.07. The number of carboxylic acids is 1. The second kappa shape index (κ2) is 5.17. The van der Waals surface area contributed by atoms with Gasteiger partial charge in [-0.05, 0) is 23.8 Å². The molecule has 0 saturated carbocycles. The molecule has 0 aliphatic carbocycles. The van der Waals surface area contributed by atoms with Gasteiger partial charge < -0.3 is 5.11 Å². The Bertz CT molecular complexity index is 627. The van der Waals surface area contributed by atoms with Crippen molar-refractivity contribution in [1.82, 2.24) is 10.6 Å². The molecule has 0 spiro atoms. The minimum absolute atomic E-state index is 0.0786. The molecule has 4 atom stereocenters. The smallest absolute Gasteiger partial charge is 0.324 e. The number of imide groups is 1. The number of carboxylic acid groups (broad SMARTS) is 1. The zero-order valence-electron chi connectivity index (χ0n) is 12.3. The van der Waals surface area contributed by atoms with E-state index in [1.807, 2.05) is 31.4 Å². The lowest BCUT2D eigenvalue weighted by atomic mass is 9.75. The molecule has 3 N–H and O–H groups in total. The van der Waals surface area contributed by atoms with E-state index in [1.165, 1.54) is 11.3 Å². The summed E-state index contributed by atoms with van der Waals surface area (Å²) in [6.45, 7) is 3.82. The normalized spacial score (nSPS) is 34.0. The number of hydrogen-bond acceptors (Lipinski definition) is 5. The zero-order valence-corrected chi connectivity index (χ0v) is 13.1. The van der Waals surface area contributed by atoms with E-state index in [2.05, 4.69) is 10.6 Å². The molecule has 1 aromatic rings. The zero-order chi connectivity index (χ0) is 16.1. The van der Waals surface area contributed by atoms with Crippen LogP contribution in [0.15, 0.2) is 17.5 Å². The van der Waals surface area contributed by atoms with Crippen molar-refractivity contribution in [3.8, 4) is 0 Å². The highest BCUT2D eigenvalue weighted by Gasteiger charge is 2.66. The molecule has 7 heteroatoms. The van der Waals surface area contributed by atoms with Gasteiger partial charge >= 0.3 is 5.97 Å². The summed E-state index contributed by atoms with van der Waals surface area (Å²) >= 11 is 1.46. The number of fused-ring (bicyclic) bond motifs is 1. The summed E-state index contributed by atoms with van der Waals surface area (Å²) in [5.41, 5.74) is -1.40. The maximum absolute atomic E-state index is 12.3. The van der Waals surface area contributed by atoms with Crippen LogP contribution in [0.3, 0.4) is 0 Å². The highest BCUT2D eigenvalue weighted by molar-refractivity contribution is 7.10. The van der Waals surface area contributed by atoms with Gasteiger partial charge in [0.1, 0.15) is 5.54 Å². The van der Waals surface area contributed by atoms with Crippen LogP contribution in [-0.4, -0.2) is 28.4 Å². The van der Waals surface area contributed by atoms with E-state index in [9.17, 15) is 19.5 Å². The maximum atomic E-state index is 12.3. The van der Waals surface area contributed by atoms with E-state index in [0.717, 1.165) is 4.88 Å². The van der Waals surface area contributed by atoms with E-state index < -0.39 is 35.3 Å². The third-order valence-electron chi connectivity index (χ3n) is 4.46. The van der Waals surface area contributed by atoms with Gasteiger partial charge in [0.15, 0.2) is 0 Å². The molecular formula is C15H18N2O4S. The van der Waals surface area contributed by atoms with Crippen LogP contribution in [0, 0.1) is 17.8 Å². The van der Waals surface area contributed by atoms with Crippen molar-refractivity contribution < 1.29 is 19.5 Å². The Morgan fingerprint density at radius 2 is 2.14 bits per heavy atom. The first kappa shape index (κ1) is 15.2. The van der Waals surface area contributed by atoms with Crippen LogP contribution in [0.5, 0.6) is 0 Å². The number of aliphatic carboxylic acids is 1. The Labute approximate surface area is 131 Å². The number of carbonyl (C=O) groups is 3. The van der Waals surface area contributed by atoms with Gasteiger partial charge in [-0.2, -0.15) is 0 Å². The van der Waals surface area contributed by atoms with Crippen LogP contribution in [0.4, 0.5) is 0 Å². The minimum atomic E-state index is -1.40. The summed E-state index contributed by atoms with van der Waals surface area (Å²) in [5, 5.41) is 17.2. The van der Waals surface area contributed by atoms with E-state index >= 15 is 0 Å². The first-order valence-electron chi connectivity index (χ1n) is 7.26. The predicted molar refractivity (Wildman–Crippen MR) is 80.1 cm³/mol. The van der Waals surface area contributed by atoms with Crippen LogP contribution in [0.25, 0.3) is 0 Å². The standard InChI is InChI=1S/C15H18N2O4S/c1-7(2)6-15(14(20)21)10-9(12(18)16-13(10)19)11(17-15)8-4-3-5-22-8/h3-5,7,9-11,17H,6H2,1-2H3,(H,20,21)(H,16,18,19). The van der Waals surface area contributed by atoms with Gasteiger partial charge in [0.05, 0.1) is 17.9 Å². The van der Waals surface area contributed by atoms with Gasteiger partial charge in [-0.3, -0.25) is 25.0 Å². The lowest BCUT2D eigenvalue weighted by Gasteiger charge is -2.31. The van der Waals surface area contributed by atoms with E-state index in [4.69, 9.17) is 0 Å². The first-order valence-corrected chi connectivity index (χ1v) is 8.14. The van der Waals surface area contributed by atoms with Gasteiger partial charge in [-0.1, -0.05) is 19.9 Å². The largest absolute Gasteiger partial charge is 0.480 e. The number of rotatable bonds is 4. The fourth-order valence-electron chi connectivity index (χ4n) is 3.76. The molecule has 2 fully saturated rings. The van der Waals surface area contributed by atoms with Crippen molar-refractivity contribution in [2.45, 2.75) is 31.8 Å². The van der Waals surface area contributed by atoms with Crippen molar-refractivity contribution in [2.24, 2.45) is 17.8 Å². The Hall–Kier alpha value is -1.73. The van der Waals surface area contributed by atoms with Crippen molar-refractivity contribution in [3.63, 3.8) is 0 Å². The lowest BCUT2D eigenvalue weighted by Crippen LogP contribution is -2.56. The van der Waals surface area contributed by atoms with Crippen LogP contribution in [0.2, 0.25) is 0 Å². The molecule has 22 heavy (non-hydrogen) atoms. The summed E-state index contributed by atoms with van der Waals surface area (Å²) < 4.78 is 0. The first-order chi connectivity index (χ1) is 10.4. The number of amides is 2. The molecule has 2 amide bonds. The molecule has 0 radical (unpaired) electrons. The SMILES string of the molecule is CC(C)CC1(C(=O)O)NC(c2cccs2)C2C(=O)NC(=O)C21. The monoisotopic (exact) mass is 322 g/mol. The van der Waals surface area contributed by atoms with E-state index in [-0.39, 0.29) is 11.8 Å². The Kier molecular flexibility index (Phi) is 3.57. The number of carbonyl (C=O) groups excluding carboxylic acids is 2. The average Bonchev–Trinajstić information content (AvgIpc) is 3.07. The highest BCUT2D eigenvalue weighted by Crippen LogP contribution is 2.49. The van der Waals surface area contributed by atoms with Crippen LogP contribution >= 0.6 is 11.3 Å². The van der Waals surface area contributed by atoms with Gasteiger partial charge in [0.25, 0.3) is 0 Å². The summed E-state index contributed by atoms with van der Waals surface area (Å²) in [4.78, 5) is 37.4. The van der Waals surface area contributed by atoms with E-state index in [1.54, 1.807) is 0 Å². The van der Waals surface area contributed by atoms with Crippen molar-refractivity contribution in [3.05, 3.63) is 22.4 Å². The van der Waals surface area contributed by atoms with Crippen LogP contribution in [0.1, 0.15) is 31.2 Å². The number of thiophene rings is 1. The van der Waals surface area contributed by atoms with Gasteiger partial charge in [0, 0.05) is 4.88 Å². The maximum Gasteiger partial charge on any atom is 0.324 e. The van der Waals surface area contributed by atoms with Crippen molar-refractivity contribution in [1.29, 1.82) is 0 Å². The summed E-state index contributed by atoms with van der Waals surface area (Å²) in [6, 6.07) is 3.28. The fraction of sp³-hybridized carbons (Fsp3) is 0.533. The molecule has 1 aromatic heterocycles. The lowest BCUT2D eigenvalue weighted by molar-refractivity contribution is -0.150. The third-order valence-corrected chi connectivity index (χ3v) is 5.41. The molecule has 3 rings (SSSR count). The minimum Gasteiger partial charge on any atom is -0.480 e. The molecule has 2 saturated heterocycles. The molecule has 0 bridgehead atoms. The molecular weight excluding hydrogens is 304 g/mol. The van der Waals surface area contributed by atoms with Crippen LogP contribution < -0.4 is 10.6 Å². The molecule has 6 nitrogen and oxygen atoms in total. The molecule has 118 valence electrons. The average molecular weight is 322 g/mol. The van der Waals surface area contributed by atoms with E-state index in [0.29, 0.717) is 6.42 Å². The number of nitrogens with one attached hydrogen (secondary N) is 2. The molecule has 3 heterocycles. The second-order valence-electron chi connectivity index (χ2n) is 6.37. The quantitative estimate of drug-likeness (QED) is 0.723. The second-order valence-corrected chi connectivity index (χ2v) is 7.35. The molecule has 2 aliphatic heterocycles.